The van der Waals surface area contributed by atoms with Gasteiger partial charge in [0.2, 0.25) is 0 Å². The number of hydrogen-bond donors (Lipinski definition) is 0. The van der Waals surface area contributed by atoms with Crippen LogP contribution >= 0.6 is 0 Å². The van der Waals surface area contributed by atoms with E-state index in [1.54, 1.807) is 27.7 Å². The lowest BCUT2D eigenvalue weighted by Crippen LogP contribution is -2.37. The van der Waals surface area contributed by atoms with E-state index < -0.39 is 29.3 Å². The molecule has 0 saturated heterocycles. The third kappa shape index (κ3) is 19.7. The number of hydrogen-bond acceptors (Lipinski definition) is 7. The molecular weight excluding hydrogens is 436 g/mol. The summed E-state index contributed by atoms with van der Waals surface area (Å²) in [7, 11) is 0. The maximum atomic E-state index is 12.3. The average molecular weight is 487 g/mol. The Kier molecular flexibility index (Phi) is 13.2. The first-order chi connectivity index (χ1) is 15.3. The summed E-state index contributed by atoms with van der Waals surface area (Å²) in [5.74, 6) is -0.856. The molecule has 0 rings (SSSR count). The van der Waals surface area contributed by atoms with Gasteiger partial charge < -0.3 is 18.9 Å². The molecule has 0 unspecified atom stereocenters. The summed E-state index contributed by atoms with van der Waals surface area (Å²) in [6.45, 7) is 20.2. The van der Waals surface area contributed by atoms with Crippen LogP contribution in [0.15, 0.2) is 0 Å². The van der Waals surface area contributed by atoms with Gasteiger partial charge in [0.15, 0.2) is 0 Å². The summed E-state index contributed by atoms with van der Waals surface area (Å²) >= 11 is 0. The van der Waals surface area contributed by atoms with E-state index in [-0.39, 0.29) is 23.7 Å². The lowest BCUT2D eigenvalue weighted by Gasteiger charge is -2.28. The number of unbranched alkanes of at least 4 members (excludes halogenated alkanes) is 2. The van der Waals surface area contributed by atoms with Crippen molar-refractivity contribution in [1.29, 1.82) is 0 Å². The van der Waals surface area contributed by atoms with Crippen LogP contribution in [0.3, 0.4) is 0 Å². The van der Waals surface area contributed by atoms with Crippen LogP contribution in [0.2, 0.25) is 0 Å². The predicted octanol–water partition coefficient (Wildman–Crippen LogP) is 7.00. The molecule has 0 heterocycles. The molecule has 0 aromatic carbocycles. The molecule has 34 heavy (non-hydrogen) atoms. The van der Waals surface area contributed by atoms with E-state index >= 15 is 0 Å². The molecule has 0 aliphatic heterocycles. The van der Waals surface area contributed by atoms with Crippen LogP contribution in [0, 0.1) is 10.8 Å². The molecule has 0 aliphatic carbocycles. The number of carbonyl (C=O) groups is 3. The molecule has 0 bridgehead atoms. The van der Waals surface area contributed by atoms with Crippen molar-refractivity contribution in [3.05, 3.63) is 0 Å². The molecule has 0 aromatic rings. The largest absolute Gasteiger partial charge is 0.509 e. The molecule has 7 nitrogen and oxygen atoms in total. The Morgan fingerprint density at radius 1 is 0.529 bits per heavy atom. The minimum Gasteiger partial charge on any atom is -0.466 e. The minimum atomic E-state index is -1.09. The predicted molar refractivity (Wildman–Crippen MR) is 133 cm³/mol. The van der Waals surface area contributed by atoms with E-state index in [1.165, 1.54) is 0 Å². The molecule has 200 valence electrons. The molecule has 0 N–H and O–H groups in total. The van der Waals surface area contributed by atoms with Gasteiger partial charge in [0, 0.05) is 0 Å². The van der Waals surface area contributed by atoms with Crippen molar-refractivity contribution in [3.8, 4) is 0 Å². The van der Waals surface area contributed by atoms with E-state index in [0.29, 0.717) is 13.2 Å². The second kappa shape index (κ2) is 13.9. The van der Waals surface area contributed by atoms with E-state index in [9.17, 15) is 14.4 Å². The van der Waals surface area contributed by atoms with Crippen molar-refractivity contribution >= 4 is 18.1 Å². The highest BCUT2D eigenvalue weighted by molar-refractivity contribution is 5.72. The average Bonchev–Trinajstić information content (AvgIpc) is 2.56. The van der Waals surface area contributed by atoms with Crippen molar-refractivity contribution in [2.45, 2.75) is 132 Å². The van der Waals surface area contributed by atoms with Crippen LogP contribution in [0.1, 0.15) is 121 Å². The fraction of sp³-hybridized carbons (Fsp3) is 0.889. The Bertz CT molecular complexity index is 582. The Morgan fingerprint density at radius 3 is 1.15 bits per heavy atom. The zero-order valence-corrected chi connectivity index (χ0v) is 23.4. The Balaban J connectivity index is 4.29. The third-order valence-corrected chi connectivity index (χ3v) is 5.03. The Labute approximate surface area is 207 Å². The zero-order valence-electron chi connectivity index (χ0n) is 23.4. The lowest BCUT2D eigenvalue weighted by atomic mass is 9.90. The fourth-order valence-corrected chi connectivity index (χ4v) is 3.23. The molecule has 0 radical (unpaired) electrons. The van der Waals surface area contributed by atoms with Gasteiger partial charge >= 0.3 is 18.1 Å². The van der Waals surface area contributed by atoms with Gasteiger partial charge in [-0.2, -0.15) is 0 Å². The first-order valence-corrected chi connectivity index (χ1v) is 12.5. The smallest absolute Gasteiger partial charge is 0.466 e. The van der Waals surface area contributed by atoms with Gasteiger partial charge in [-0.15, -0.1) is 0 Å². The van der Waals surface area contributed by atoms with E-state index in [4.69, 9.17) is 18.9 Å². The highest BCUT2D eigenvalue weighted by Crippen LogP contribution is 2.24. The number of ether oxygens (including phenoxy) is 4. The third-order valence-electron chi connectivity index (χ3n) is 5.03. The first kappa shape index (κ1) is 32.2. The van der Waals surface area contributed by atoms with Crippen LogP contribution in [0.4, 0.5) is 4.79 Å². The monoisotopic (exact) mass is 486 g/mol. The summed E-state index contributed by atoms with van der Waals surface area (Å²) < 4.78 is 21.2. The summed E-state index contributed by atoms with van der Waals surface area (Å²) in [5, 5.41) is 0. The van der Waals surface area contributed by atoms with Crippen LogP contribution in [-0.2, 0) is 28.5 Å². The van der Waals surface area contributed by atoms with E-state index in [2.05, 4.69) is 41.5 Å². The molecule has 0 fully saturated rings. The lowest BCUT2D eigenvalue weighted by molar-refractivity contribution is -0.151. The summed E-state index contributed by atoms with van der Waals surface area (Å²) in [5.41, 5.74) is -1.67. The maximum Gasteiger partial charge on any atom is 0.509 e. The molecule has 7 heteroatoms. The molecular formula is C27H50O7. The number of carbonyl (C=O) groups excluding carboxylic acids is 3. The second-order valence-corrected chi connectivity index (χ2v) is 12.8. The van der Waals surface area contributed by atoms with Crippen molar-refractivity contribution in [2.75, 3.05) is 13.2 Å². The summed E-state index contributed by atoms with van der Waals surface area (Å²) in [6.07, 6.45) is 4.58. The standard InChI is InChI=1S/C27H50O7/c1-24(2,3)15-11-13-17-31-21(28)19-26(7,8)33-23(30)34-27(9,10)20-22(29)32-18-14-12-16-25(4,5)6/h11-20H2,1-10H3. The van der Waals surface area contributed by atoms with Crippen molar-refractivity contribution in [1.82, 2.24) is 0 Å². The maximum absolute atomic E-state index is 12.3. The quantitative estimate of drug-likeness (QED) is 0.148. The van der Waals surface area contributed by atoms with Crippen molar-refractivity contribution < 1.29 is 33.3 Å². The van der Waals surface area contributed by atoms with Crippen LogP contribution in [-0.4, -0.2) is 42.5 Å². The molecule has 0 spiro atoms. The Morgan fingerprint density at radius 2 is 0.853 bits per heavy atom. The molecule has 0 amide bonds. The fourth-order valence-electron chi connectivity index (χ4n) is 3.23. The van der Waals surface area contributed by atoms with Gasteiger partial charge in [-0.25, -0.2) is 4.79 Å². The zero-order chi connectivity index (χ0) is 26.6. The van der Waals surface area contributed by atoms with Crippen LogP contribution < -0.4 is 0 Å². The van der Waals surface area contributed by atoms with Gasteiger partial charge in [-0.1, -0.05) is 41.5 Å². The summed E-state index contributed by atoms with van der Waals surface area (Å²) in [4.78, 5) is 36.5. The first-order valence-electron chi connectivity index (χ1n) is 12.5. The normalized spacial score (nSPS) is 12.8. The van der Waals surface area contributed by atoms with Crippen LogP contribution in [0.25, 0.3) is 0 Å². The number of rotatable bonds is 14. The van der Waals surface area contributed by atoms with Crippen molar-refractivity contribution in [2.24, 2.45) is 10.8 Å². The number of esters is 2. The second-order valence-electron chi connectivity index (χ2n) is 12.8. The van der Waals surface area contributed by atoms with Gasteiger partial charge in [-0.3, -0.25) is 9.59 Å². The highest BCUT2D eigenvalue weighted by Gasteiger charge is 2.33. The summed E-state index contributed by atoms with van der Waals surface area (Å²) in [6, 6.07) is 0. The van der Waals surface area contributed by atoms with Gasteiger partial charge in [0.05, 0.1) is 26.1 Å². The minimum absolute atomic E-state index is 0.0849. The van der Waals surface area contributed by atoms with Crippen LogP contribution in [0.5, 0.6) is 0 Å². The molecule has 0 aromatic heterocycles. The van der Waals surface area contributed by atoms with E-state index in [1.807, 2.05) is 0 Å². The van der Waals surface area contributed by atoms with Gasteiger partial charge in [-0.05, 0) is 77.0 Å². The van der Waals surface area contributed by atoms with Gasteiger partial charge in [0.25, 0.3) is 0 Å². The highest BCUT2D eigenvalue weighted by atomic mass is 16.7. The SMILES string of the molecule is CC(C)(C)CCCCOC(=O)CC(C)(C)OC(=O)OC(C)(C)CC(=O)OCCCCC(C)(C)C. The Hall–Kier alpha value is -1.79. The van der Waals surface area contributed by atoms with Crippen molar-refractivity contribution in [3.63, 3.8) is 0 Å². The molecule has 0 atom stereocenters. The topological polar surface area (TPSA) is 88.1 Å². The molecule has 0 saturated carbocycles. The molecule has 0 aliphatic rings. The van der Waals surface area contributed by atoms with E-state index in [0.717, 1.165) is 38.5 Å². The van der Waals surface area contributed by atoms with Gasteiger partial charge in [0.1, 0.15) is 11.2 Å².